The summed E-state index contributed by atoms with van der Waals surface area (Å²) >= 11 is 0. The number of amides is 1. The van der Waals surface area contributed by atoms with Gasteiger partial charge in [-0.15, -0.1) is 0 Å². The first kappa shape index (κ1) is 16.8. The second kappa shape index (κ2) is 8.14. The molecule has 2 fully saturated rings. The van der Waals surface area contributed by atoms with E-state index in [1.807, 2.05) is 4.90 Å². The fourth-order valence-corrected chi connectivity index (χ4v) is 3.83. The average Bonchev–Trinajstić information content (AvgIpc) is 2.48. The molecule has 1 saturated carbocycles. The largest absolute Gasteiger partial charge is 0.375 e. The maximum Gasteiger partial charge on any atom is 0.248 e. The summed E-state index contributed by atoms with van der Waals surface area (Å²) in [6.07, 6.45) is 7.59. The highest BCUT2D eigenvalue weighted by molar-refractivity contribution is 5.77. The Balaban J connectivity index is 1.72. The van der Waals surface area contributed by atoms with Crippen molar-refractivity contribution in [3.8, 4) is 0 Å². The number of carbonyl (C=O) groups excluding carboxylic acids is 1. The summed E-state index contributed by atoms with van der Waals surface area (Å²) in [6, 6.07) is 1.28. The van der Waals surface area contributed by atoms with Gasteiger partial charge in [0, 0.05) is 32.3 Å². The number of nitrogens with one attached hydrogen (secondary N) is 1. The number of rotatable bonds is 5. The maximum absolute atomic E-state index is 11.8. The Bertz CT molecular complexity index is 325. The molecule has 1 aliphatic carbocycles. The molecule has 0 aromatic heterocycles. The van der Waals surface area contributed by atoms with Crippen molar-refractivity contribution >= 4 is 5.91 Å². The molecule has 1 saturated heterocycles. The predicted octanol–water partition coefficient (Wildman–Crippen LogP) is 2.43. The van der Waals surface area contributed by atoms with Crippen LogP contribution in [-0.2, 0) is 9.53 Å². The second-order valence-electron chi connectivity index (χ2n) is 7.12. The predicted molar refractivity (Wildman–Crippen MR) is 85.2 cm³/mol. The third-order valence-corrected chi connectivity index (χ3v) is 5.24. The van der Waals surface area contributed by atoms with E-state index in [1.54, 1.807) is 7.11 Å². The molecular formula is C17H32N2O2. The molecule has 4 nitrogen and oxygen atoms in total. The maximum atomic E-state index is 11.8. The highest BCUT2D eigenvalue weighted by Crippen LogP contribution is 2.30. The second-order valence-corrected chi connectivity index (χ2v) is 7.12. The molecule has 2 unspecified atom stereocenters. The number of ether oxygens (including phenoxy) is 1. The van der Waals surface area contributed by atoms with E-state index in [2.05, 4.69) is 19.2 Å². The number of carbonyl (C=O) groups is 1. The first-order chi connectivity index (χ1) is 10.1. The third-order valence-electron chi connectivity index (χ3n) is 5.24. The van der Waals surface area contributed by atoms with Crippen molar-refractivity contribution in [2.24, 2.45) is 11.8 Å². The van der Waals surface area contributed by atoms with Crippen LogP contribution in [0.3, 0.4) is 0 Å². The summed E-state index contributed by atoms with van der Waals surface area (Å²) in [6.45, 7) is 6.68. The van der Waals surface area contributed by atoms with Crippen LogP contribution in [0.5, 0.6) is 0 Å². The molecule has 0 aromatic rings. The fourth-order valence-electron chi connectivity index (χ4n) is 3.83. The molecular weight excluding hydrogens is 264 g/mol. The van der Waals surface area contributed by atoms with Gasteiger partial charge in [0.1, 0.15) is 6.61 Å². The zero-order valence-electron chi connectivity index (χ0n) is 13.9. The van der Waals surface area contributed by atoms with Crippen LogP contribution in [0.1, 0.15) is 52.4 Å². The average molecular weight is 296 g/mol. The lowest BCUT2D eigenvalue weighted by Crippen LogP contribution is -2.49. The highest BCUT2D eigenvalue weighted by Gasteiger charge is 2.28. The van der Waals surface area contributed by atoms with E-state index in [-0.39, 0.29) is 12.5 Å². The van der Waals surface area contributed by atoms with Gasteiger partial charge in [-0.05, 0) is 37.5 Å². The summed E-state index contributed by atoms with van der Waals surface area (Å²) in [4.78, 5) is 13.7. The van der Waals surface area contributed by atoms with Crippen molar-refractivity contribution < 1.29 is 9.53 Å². The number of nitrogens with zero attached hydrogens (tertiary/aromatic N) is 1. The molecule has 0 spiro atoms. The van der Waals surface area contributed by atoms with Crippen LogP contribution in [0.25, 0.3) is 0 Å². The van der Waals surface area contributed by atoms with Gasteiger partial charge in [-0.1, -0.05) is 26.7 Å². The van der Waals surface area contributed by atoms with E-state index in [1.165, 1.54) is 25.7 Å². The van der Waals surface area contributed by atoms with E-state index < -0.39 is 0 Å². The summed E-state index contributed by atoms with van der Waals surface area (Å²) in [5, 5.41) is 3.86. The van der Waals surface area contributed by atoms with Crippen LogP contribution < -0.4 is 5.32 Å². The van der Waals surface area contributed by atoms with Gasteiger partial charge in [-0.3, -0.25) is 4.79 Å². The number of hydrogen-bond acceptors (Lipinski definition) is 3. The molecule has 21 heavy (non-hydrogen) atoms. The Morgan fingerprint density at radius 2 is 1.90 bits per heavy atom. The molecule has 1 amide bonds. The van der Waals surface area contributed by atoms with Gasteiger partial charge in [0.15, 0.2) is 0 Å². The Morgan fingerprint density at radius 3 is 2.52 bits per heavy atom. The lowest BCUT2D eigenvalue weighted by atomic mass is 9.79. The summed E-state index contributed by atoms with van der Waals surface area (Å²) in [5.74, 6) is 1.83. The SMILES string of the molecule is COCC(=O)N1CCC(NC2CCCC(C(C)C)C2)CC1. The van der Waals surface area contributed by atoms with Gasteiger partial charge in [-0.25, -0.2) is 0 Å². The summed E-state index contributed by atoms with van der Waals surface area (Å²) in [5.41, 5.74) is 0. The Hall–Kier alpha value is -0.610. The number of hydrogen-bond donors (Lipinski definition) is 1. The van der Waals surface area contributed by atoms with E-state index >= 15 is 0 Å². The molecule has 0 radical (unpaired) electrons. The van der Waals surface area contributed by atoms with Gasteiger partial charge < -0.3 is 15.0 Å². The lowest BCUT2D eigenvalue weighted by Gasteiger charge is -2.38. The number of piperidine rings is 1. The first-order valence-electron chi connectivity index (χ1n) is 8.63. The molecule has 122 valence electrons. The molecule has 2 rings (SSSR count). The summed E-state index contributed by atoms with van der Waals surface area (Å²) in [7, 11) is 1.58. The first-order valence-corrected chi connectivity index (χ1v) is 8.63. The molecule has 1 aliphatic heterocycles. The molecule has 4 heteroatoms. The minimum Gasteiger partial charge on any atom is -0.375 e. The number of methoxy groups -OCH3 is 1. The van der Waals surface area contributed by atoms with Gasteiger partial charge in [-0.2, -0.15) is 0 Å². The number of likely N-dealkylation sites (tertiary alicyclic amines) is 1. The van der Waals surface area contributed by atoms with Gasteiger partial charge in [0.2, 0.25) is 5.91 Å². The van der Waals surface area contributed by atoms with E-state index in [9.17, 15) is 4.79 Å². The van der Waals surface area contributed by atoms with Crippen molar-refractivity contribution in [2.75, 3.05) is 26.8 Å². The topological polar surface area (TPSA) is 41.6 Å². The van der Waals surface area contributed by atoms with Crippen molar-refractivity contribution in [1.29, 1.82) is 0 Å². The van der Waals surface area contributed by atoms with Gasteiger partial charge >= 0.3 is 0 Å². The normalized spacial score (nSPS) is 28.1. The Kier molecular flexibility index (Phi) is 6.49. The lowest BCUT2D eigenvalue weighted by molar-refractivity contribution is -0.136. The van der Waals surface area contributed by atoms with Crippen LogP contribution in [0.4, 0.5) is 0 Å². The Morgan fingerprint density at radius 1 is 1.19 bits per heavy atom. The van der Waals surface area contributed by atoms with Crippen LogP contribution in [0.15, 0.2) is 0 Å². The molecule has 2 aliphatic rings. The zero-order valence-corrected chi connectivity index (χ0v) is 13.9. The quantitative estimate of drug-likeness (QED) is 0.847. The van der Waals surface area contributed by atoms with Gasteiger partial charge in [0.25, 0.3) is 0 Å². The highest BCUT2D eigenvalue weighted by atomic mass is 16.5. The van der Waals surface area contributed by atoms with Crippen LogP contribution in [0, 0.1) is 11.8 Å². The van der Waals surface area contributed by atoms with Gasteiger partial charge in [0.05, 0.1) is 0 Å². The van der Waals surface area contributed by atoms with Crippen molar-refractivity contribution in [3.05, 3.63) is 0 Å². The molecule has 0 bridgehead atoms. The monoisotopic (exact) mass is 296 g/mol. The summed E-state index contributed by atoms with van der Waals surface area (Å²) < 4.78 is 4.93. The standard InChI is InChI=1S/C17H32N2O2/c1-13(2)14-5-4-6-16(11-14)18-15-7-9-19(10-8-15)17(20)12-21-3/h13-16,18H,4-12H2,1-3H3. The molecule has 2 atom stereocenters. The van der Waals surface area contributed by atoms with E-state index in [0.717, 1.165) is 37.8 Å². The van der Waals surface area contributed by atoms with Crippen LogP contribution in [0.2, 0.25) is 0 Å². The van der Waals surface area contributed by atoms with Crippen LogP contribution >= 0.6 is 0 Å². The third kappa shape index (κ3) is 4.96. The zero-order chi connectivity index (χ0) is 15.2. The Labute approximate surface area is 129 Å². The molecule has 1 heterocycles. The molecule has 0 aromatic carbocycles. The van der Waals surface area contributed by atoms with Crippen LogP contribution in [-0.4, -0.2) is 49.7 Å². The van der Waals surface area contributed by atoms with E-state index in [0.29, 0.717) is 12.1 Å². The molecule has 1 N–H and O–H groups in total. The van der Waals surface area contributed by atoms with Crippen molar-refractivity contribution in [2.45, 2.75) is 64.5 Å². The minimum atomic E-state index is 0.133. The van der Waals surface area contributed by atoms with Crippen molar-refractivity contribution in [1.82, 2.24) is 10.2 Å². The smallest absolute Gasteiger partial charge is 0.248 e. The fraction of sp³-hybridized carbons (Fsp3) is 0.941. The minimum absolute atomic E-state index is 0.133. The van der Waals surface area contributed by atoms with E-state index in [4.69, 9.17) is 4.74 Å². The van der Waals surface area contributed by atoms with Crippen molar-refractivity contribution in [3.63, 3.8) is 0 Å².